The number of alkyl halides is 6. The third-order valence-corrected chi connectivity index (χ3v) is 8.02. The van der Waals surface area contributed by atoms with Crippen molar-refractivity contribution in [2.24, 2.45) is 0 Å². The topological polar surface area (TPSA) is 112 Å². The molecule has 1 unspecified atom stereocenters. The Morgan fingerprint density at radius 3 is 2.56 bits per heavy atom. The minimum absolute atomic E-state index is 0.00416. The van der Waals surface area contributed by atoms with Gasteiger partial charge in [-0.25, -0.2) is 4.39 Å². The Morgan fingerprint density at radius 2 is 1.91 bits per heavy atom. The zero-order valence-corrected chi connectivity index (χ0v) is 25.0. The van der Waals surface area contributed by atoms with Crippen LogP contribution in [0.25, 0.3) is 0 Å². The maximum atomic E-state index is 15.1. The second kappa shape index (κ2) is 12.0. The van der Waals surface area contributed by atoms with Crippen LogP contribution in [0.5, 0.6) is 6.01 Å². The Balaban J connectivity index is 1.50. The molecule has 1 amide bonds. The fourth-order valence-corrected chi connectivity index (χ4v) is 5.95. The van der Waals surface area contributed by atoms with Crippen LogP contribution < -0.4 is 15.4 Å². The number of halogens is 9. The predicted molar refractivity (Wildman–Crippen MR) is 147 cm³/mol. The van der Waals surface area contributed by atoms with Crippen LogP contribution in [0.1, 0.15) is 51.1 Å². The van der Waals surface area contributed by atoms with Crippen molar-refractivity contribution < 1.29 is 45.0 Å². The zero-order chi connectivity index (χ0) is 33.0. The minimum atomic E-state index is -5.02. The molecule has 0 bridgehead atoms. The molecular formula is C26H24Cl2F7N7O3. The van der Waals surface area contributed by atoms with Crippen molar-refractivity contribution in [3.63, 3.8) is 0 Å². The molecule has 0 aliphatic carbocycles. The van der Waals surface area contributed by atoms with Crippen molar-refractivity contribution >= 4 is 40.6 Å². The summed E-state index contributed by atoms with van der Waals surface area (Å²) in [5, 5.41) is 3.25. The molecule has 2 aliphatic heterocycles. The van der Waals surface area contributed by atoms with Crippen molar-refractivity contribution in [1.29, 1.82) is 0 Å². The molecule has 19 heteroatoms. The molecule has 4 heterocycles. The van der Waals surface area contributed by atoms with Gasteiger partial charge in [0.05, 0.1) is 59.0 Å². The molecule has 0 saturated carbocycles. The summed E-state index contributed by atoms with van der Waals surface area (Å²) in [6.07, 6.45) is -11.0. The van der Waals surface area contributed by atoms with Gasteiger partial charge in [-0.05, 0) is 12.5 Å². The van der Waals surface area contributed by atoms with E-state index in [-0.39, 0.29) is 54.4 Å². The molecule has 10 nitrogen and oxygen atoms in total. The molecule has 5 rings (SSSR count). The molecule has 0 saturated heterocycles. The van der Waals surface area contributed by atoms with Gasteiger partial charge in [-0.3, -0.25) is 9.48 Å². The zero-order valence-electron chi connectivity index (χ0n) is 23.5. The predicted octanol–water partition coefficient (Wildman–Crippen LogP) is 5.59. The summed E-state index contributed by atoms with van der Waals surface area (Å²) in [7, 11) is 2.27. The van der Waals surface area contributed by atoms with E-state index in [4.69, 9.17) is 38.4 Å². The molecule has 0 spiro atoms. The lowest BCUT2D eigenvalue weighted by molar-refractivity contribution is -0.140. The van der Waals surface area contributed by atoms with Gasteiger partial charge in [0.2, 0.25) is 0 Å². The first-order chi connectivity index (χ1) is 21.0. The average molecular weight is 686 g/mol. The van der Waals surface area contributed by atoms with Crippen LogP contribution in [0.3, 0.4) is 0 Å². The third kappa shape index (κ3) is 6.42. The Kier molecular flexibility index (Phi) is 8.74. The van der Waals surface area contributed by atoms with Gasteiger partial charge in [0.15, 0.2) is 11.5 Å². The molecule has 2 aliphatic rings. The molecule has 1 atom stereocenters. The molecule has 244 valence electrons. The van der Waals surface area contributed by atoms with Gasteiger partial charge in [0, 0.05) is 37.7 Å². The molecule has 0 fully saturated rings. The van der Waals surface area contributed by atoms with E-state index >= 15 is 4.39 Å². The number of methoxy groups -OCH3 is 1. The number of hydrogen-bond donors (Lipinski definition) is 1. The van der Waals surface area contributed by atoms with Crippen LogP contribution in [0, 0.1) is 5.82 Å². The number of ether oxygens (including phenoxy) is 2. The van der Waals surface area contributed by atoms with E-state index in [9.17, 15) is 31.1 Å². The number of hydrogen-bond acceptors (Lipinski definition) is 8. The van der Waals surface area contributed by atoms with Gasteiger partial charge in [0.1, 0.15) is 12.4 Å². The van der Waals surface area contributed by atoms with E-state index in [1.54, 1.807) is 4.90 Å². The number of nitrogens with zero attached hydrogens (tertiary/aromatic N) is 6. The maximum Gasteiger partial charge on any atom is 0.418 e. The average Bonchev–Trinajstić information content (AvgIpc) is 3.11. The lowest BCUT2D eigenvalue weighted by Crippen LogP contribution is -2.36. The highest BCUT2D eigenvalue weighted by molar-refractivity contribution is 6.34. The van der Waals surface area contributed by atoms with Gasteiger partial charge in [0.25, 0.3) is 5.91 Å². The molecule has 2 N–H and O–H groups in total. The smallest absolute Gasteiger partial charge is 0.418 e. The SMILES string of the molecule is COc1nc2c(c(N3CCCn4nc(C(=O)N(C)CC(F)(F)F)c(Cl)c4C3)n1)COC(c1c(F)c(N)cc(Cl)c1C(F)(F)F)C2. The van der Waals surface area contributed by atoms with Crippen molar-refractivity contribution in [2.75, 3.05) is 37.9 Å². The molecule has 45 heavy (non-hydrogen) atoms. The van der Waals surface area contributed by atoms with Crippen LogP contribution in [0.4, 0.5) is 42.2 Å². The Hall–Kier alpha value is -3.57. The van der Waals surface area contributed by atoms with Crippen LogP contribution >= 0.6 is 23.2 Å². The maximum absolute atomic E-state index is 15.1. The summed E-state index contributed by atoms with van der Waals surface area (Å²) < 4.78 is 108. The van der Waals surface area contributed by atoms with E-state index < -0.39 is 58.6 Å². The van der Waals surface area contributed by atoms with E-state index in [1.165, 1.54) is 11.8 Å². The molecule has 3 aromatic rings. The number of amides is 1. The first-order valence-electron chi connectivity index (χ1n) is 13.2. The van der Waals surface area contributed by atoms with Crippen LogP contribution in [0.15, 0.2) is 6.07 Å². The highest BCUT2D eigenvalue weighted by atomic mass is 35.5. The molecular weight excluding hydrogens is 662 g/mol. The van der Waals surface area contributed by atoms with Crippen LogP contribution in [-0.4, -0.2) is 64.0 Å². The highest BCUT2D eigenvalue weighted by Crippen LogP contribution is 2.46. The Labute approximate surface area is 260 Å². The number of carbonyl (C=O) groups is 1. The number of aryl methyl sites for hydroxylation is 1. The van der Waals surface area contributed by atoms with Crippen LogP contribution in [0.2, 0.25) is 10.0 Å². The fraction of sp³-hybridized carbons (Fsp3) is 0.462. The number of fused-ring (bicyclic) bond motifs is 2. The van der Waals surface area contributed by atoms with E-state index in [0.29, 0.717) is 35.2 Å². The third-order valence-electron chi connectivity index (χ3n) is 7.32. The van der Waals surface area contributed by atoms with Gasteiger partial charge in [-0.1, -0.05) is 23.2 Å². The molecule has 0 radical (unpaired) electrons. The summed E-state index contributed by atoms with van der Waals surface area (Å²) in [4.78, 5) is 23.7. The van der Waals surface area contributed by atoms with Crippen molar-refractivity contribution in [2.45, 2.75) is 51.0 Å². The van der Waals surface area contributed by atoms with Gasteiger partial charge in [-0.15, -0.1) is 0 Å². The fourth-order valence-electron chi connectivity index (χ4n) is 5.35. The monoisotopic (exact) mass is 685 g/mol. The van der Waals surface area contributed by atoms with Crippen molar-refractivity contribution in [1.82, 2.24) is 24.6 Å². The second-order valence-corrected chi connectivity index (χ2v) is 11.2. The molecule has 2 aromatic heterocycles. The van der Waals surface area contributed by atoms with Crippen LogP contribution in [-0.2, 0) is 37.0 Å². The highest BCUT2D eigenvalue weighted by Gasteiger charge is 2.42. The number of nitrogen functional groups attached to an aromatic ring is 1. The largest absolute Gasteiger partial charge is 0.467 e. The summed E-state index contributed by atoms with van der Waals surface area (Å²) >= 11 is 12.3. The van der Waals surface area contributed by atoms with Gasteiger partial charge < -0.3 is 25.0 Å². The van der Waals surface area contributed by atoms with Gasteiger partial charge in [-0.2, -0.15) is 41.4 Å². The van der Waals surface area contributed by atoms with E-state index in [0.717, 1.165) is 7.05 Å². The summed E-state index contributed by atoms with van der Waals surface area (Å²) in [6.45, 7) is -1.22. The number of anilines is 2. The summed E-state index contributed by atoms with van der Waals surface area (Å²) in [6, 6.07) is 0.547. The lowest BCUT2D eigenvalue weighted by atomic mass is 9.93. The number of nitrogens with two attached hydrogens (primary N) is 1. The standard InChI is InChI=1S/C26H24Cl2F7N7O3/c1-40(10-25(30,31)32)23(43)21-19(28)15-8-41(4-3-5-42(15)39-21)22-11-9-45-16(7-14(11)37-24(38-22)44-2)17-18(26(33,34)35)12(27)6-13(36)20(17)29/h6,16H,3-5,7-10,36H2,1-2H3. The molecule has 1 aromatic carbocycles. The van der Waals surface area contributed by atoms with Crippen molar-refractivity contribution in [3.8, 4) is 6.01 Å². The first kappa shape index (κ1) is 32.8. The normalized spacial score (nSPS) is 17.0. The van der Waals surface area contributed by atoms with E-state index in [2.05, 4.69) is 15.1 Å². The number of aromatic nitrogens is 4. The number of rotatable bonds is 5. The van der Waals surface area contributed by atoms with E-state index in [1.807, 2.05) is 0 Å². The first-order valence-corrected chi connectivity index (χ1v) is 14.0. The lowest BCUT2D eigenvalue weighted by Gasteiger charge is -2.31. The summed E-state index contributed by atoms with van der Waals surface area (Å²) in [5.74, 6) is -2.06. The number of benzene rings is 1. The summed E-state index contributed by atoms with van der Waals surface area (Å²) in [5.41, 5.74) is 3.33. The number of carbonyl (C=O) groups excluding carboxylic acids is 1. The second-order valence-electron chi connectivity index (χ2n) is 10.4. The van der Waals surface area contributed by atoms with Crippen molar-refractivity contribution in [3.05, 3.63) is 55.7 Å². The minimum Gasteiger partial charge on any atom is -0.467 e. The quantitative estimate of drug-likeness (QED) is 0.274. The Morgan fingerprint density at radius 1 is 1.20 bits per heavy atom. The van der Waals surface area contributed by atoms with Gasteiger partial charge >= 0.3 is 18.4 Å². The Bertz CT molecular complexity index is 1650.